The first-order valence-corrected chi connectivity index (χ1v) is 10.1. The number of hydrogen-bond acceptors (Lipinski definition) is 4. The highest BCUT2D eigenvalue weighted by Gasteiger charge is 2.24. The first kappa shape index (κ1) is 20.3. The molecule has 4 aromatic rings. The predicted octanol–water partition coefficient (Wildman–Crippen LogP) is 5.65. The molecule has 0 bridgehead atoms. The van der Waals surface area contributed by atoms with Crippen molar-refractivity contribution in [3.05, 3.63) is 82.0 Å². The molecule has 1 aromatic carbocycles. The summed E-state index contributed by atoms with van der Waals surface area (Å²) < 4.78 is 13.1. The molecule has 8 heteroatoms. The van der Waals surface area contributed by atoms with Gasteiger partial charge < -0.3 is 9.15 Å². The molecule has 6 nitrogen and oxygen atoms in total. The summed E-state index contributed by atoms with van der Waals surface area (Å²) in [6, 6.07) is 12.3. The standard InChI is InChI=1S/C22H19Cl2N3O3/c1-3-17-21(26(2)22(28)19-7-5-9-29-19)27-8-4-6-18(20(27)25-17)30-13-14-10-15(23)12-16(24)11-14/h4-12H,3,13H2,1-2H3. The Bertz CT molecular complexity index is 1180. The van der Waals surface area contributed by atoms with E-state index in [4.69, 9.17) is 37.3 Å². The van der Waals surface area contributed by atoms with Gasteiger partial charge in [0.15, 0.2) is 17.2 Å². The third-order valence-electron chi connectivity index (χ3n) is 4.66. The van der Waals surface area contributed by atoms with E-state index in [0.29, 0.717) is 33.7 Å². The maximum Gasteiger partial charge on any atom is 0.294 e. The molecule has 0 aliphatic heterocycles. The Kier molecular flexibility index (Phi) is 5.70. The largest absolute Gasteiger partial charge is 0.485 e. The number of furan rings is 1. The van der Waals surface area contributed by atoms with Crippen molar-refractivity contribution in [1.29, 1.82) is 0 Å². The van der Waals surface area contributed by atoms with Gasteiger partial charge in [-0.3, -0.25) is 14.1 Å². The number of carbonyl (C=O) groups is 1. The van der Waals surface area contributed by atoms with Crippen molar-refractivity contribution in [3.8, 4) is 5.75 Å². The van der Waals surface area contributed by atoms with Crippen LogP contribution in [-0.4, -0.2) is 22.3 Å². The zero-order valence-electron chi connectivity index (χ0n) is 16.4. The molecule has 0 radical (unpaired) electrons. The van der Waals surface area contributed by atoms with Crippen LogP contribution >= 0.6 is 23.2 Å². The molecule has 3 aromatic heterocycles. The van der Waals surface area contributed by atoms with Gasteiger partial charge >= 0.3 is 0 Å². The minimum Gasteiger partial charge on any atom is -0.485 e. The normalized spacial score (nSPS) is 11.1. The Hall–Kier alpha value is -2.96. The molecule has 0 N–H and O–H groups in total. The number of rotatable bonds is 6. The second-order valence-corrected chi connectivity index (χ2v) is 7.58. The quantitative estimate of drug-likeness (QED) is 0.386. The van der Waals surface area contributed by atoms with Gasteiger partial charge in [0.2, 0.25) is 0 Å². The van der Waals surface area contributed by atoms with Crippen LogP contribution in [0.2, 0.25) is 10.0 Å². The molecule has 0 spiro atoms. The first-order valence-electron chi connectivity index (χ1n) is 9.37. The van der Waals surface area contributed by atoms with Crippen molar-refractivity contribution in [1.82, 2.24) is 9.38 Å². The summed E-state index contributed by atoms with van der Waals surface area (Å²) >= 11 is 12.2. The summed E-state index contributed by atoms with van der Waals surface area (Å²) in [4.78, 5) is 19.1. The fourth-order valence-corrected chi connectivity index (χ4v) is 3.87. The number of pyridine rings is 1. The number of imidazole rings is 1. The summed E-state index contributed by atoms with van der Waals surface area (Å²) in [6.07, 6.45) is 3.98. The van der Waals surface area contributed by atoms with Gasteiger partial charge in [-0.2, -0.15) is 0 Å². The average Bonchev–Trinajstić information content (AvgIpc) is 3.38. The van der Waals surface area contributed by atoms with E-state index in [9.17, 15) is 4.79 Å². The lowest BCUT2D eigenvalue weighted by Crippen LogP contribution is -2.28. The Labute approximate surface area is 183 Å². The third kappa shape index (κ3) is 3.88. The van der Waals surface area contributed by atoms with E-state index in [1.165, 1.54) is 11.2 Å². The van der Waals surface area contributed by atoms with Crippen LogP contribution in [0.5, 0.6) is 5.75 Å². The minimum absolute atomic E-state index is 0.253. The van der Waals surface area contributed by atoms with Crippen molar-refractivity contribution in [2.75, 3.05) is 11.9 Å². The van der Waals surface area contributed by atoms with E-state index < -0.39 is 0 Å². The number of carbonyl (C=O) groups excluding carboxylic acids is 1. The average molecular weight is 444 g/mol. The molecule has 0 atom stereocenters. The van der Waals surface area contributed by atoms with E-state index in [1.807, 2.05) is 29.7 Å². The highest BCUT2D eigenvalue weighted by Crippen LogP contribution is 2.29. The highest BCUT2D eigenvalue weighted by molar-refractivity contribution is 6.34. The van der Waals surface area contributed by atoms with Gasteiger partial charge in [0, 0.05) is 23.3 Å². The molecule has 4 rings (SSSR count). The Balaban J connectivity index is 1.69. The number of nitrogens with zero attached hydrogens (tertiary/aromatic N) is 3. The molecule has 0 aliphatic carbocycles. The van der Waals surface area contributed by atoms with E-state index in [2.05, 4.69) is 0 Å². The van der Waals surface area contributed by atoms with E-state index in [0.717, 1.165) is 11.3 Å². The second kappa shape index (κ2) is 8.42. The van der Waals surface area contributed by atoms with Gasteiger partial charge in [-0.1, -0.05) is 30.1 Å². The third-order valence-corrected chi connectivity index (χ3v) is 5.10. The van der Waals surface area contributed by atoms with Crippen molar-refractivity contribution in [3.63, 3.8) is 0 Å². The van der Waals surface area contributed by atoms with Crippen LogP contribution in [0.25, 0.3) is 5.65 Å². The Morgan fingerprint density at radius 3 is 2.63 bits per heavy atom. The number of anilines is 1. The molecule has 0 fully saturated rings. The summed E-state index contributed by atoms with van der Waals surface area (Å²) in [7, 11) is 1.70. The lowest BCUT2D eigenvalue weighted by Gasteiger charge is -2.17. The van der Waals surface area contributed by atoms with E-state index in [1.54, 1.807) is 37.4 Å². The number of amides is 1. The Morgan fingerprint density at radius 2 is 1.97 bits per heavy atom. The minimum atomic E-state index is -0.253. The fraction of sp³-hybridized carbons (Fsp3) is 0.182. The highest BCUT2D eigenvalue weighted by atomic mass is 35.5. The number of aromatic nitrogens is 2. The first-order chi connectivity index (χ1) is 14.5. The van der Waals surface area contributed by atoms with Crippen LogP contribution in [0.1, 0.15) is 28.7 Å². The lowest BCUT2D eigenvalue weighted by atomic mass is 10.2. The number of fused-ring (bicyclic) bond motifs is 1. The lowest BCUT2D eigenvalue weighted by molar-refractivity contribution is 0.0965. The molecule has 0 saturated heterocycles. The van der Waals surface area contributed by atoms with Crippen molar-refractivity contribution in [2.45, 2.75) is 20.0 Å². The number of aryl methyl sites for hydroxylation is 1. The molecule has 1 amide bonds. The van der Waals surface area contributed by atoms with Crippen LogP contribution in [0, 0.1) is 0 Å². The molecule has 154 valence electrons. The topological polar surface area (TPSA) is 60.0 Å². The molecule has 0 unspecified atom stereocenters. The SMILES string of the molecule is CCc1nc2c(OCc3cc(Cl)cc(Cl)c3)cccn2c1N(C)C(=O)c1ccco1. The molecule has 3 heterocycles. The monoisotopic (exact) mass is 443 g/mol. The molecule has 30 heavy (non-hydrogen) atoms. The van der Waals surface area contributed by atoms with Gasteiger partial charge in [0.1, 0.15) is 12.4 Å². The zero-order chi connectivity index (χ0) is 21.3. The van der Waals surface area contributed by atoms with Gasteiger partial charge in [0.05, 0.1) is 12.0 Å². The molecule has 0 saturated carbocycles. The number of benzene rings is 1. The maximum atomic E-state index is 12.8. The van der Waals surface area contributed by atoms with Gasteiger partial charge in [-0.05, 0) is 54.4 Å². The molecule has 0 aliphatic rings. The fourth-order valence-electron chi connectivity index (χ4n) is 3.30. The summed E-state index contributed by atoms with van der Waals surface area (Å²) in [5.41, 5.74) is 2.25. The van der Waals surface area contributed by atoms with E-state index in [-0.39, 0.29) is 18.3 Å². The number of hydrogen-bond donors (Lipinski definition) is 0. The predicted molar refractivity (Wildman–Crippen MR) is 117 cm³/mol. The van der Waals surface area contributed by atoms with Crippen molar-refractivity contribution >= 4 is 40.6 Å². The van der Waals surface area contributed by atoms with Crippen LogP contribution in [-0.2, 0) is 13.0 Å². The van der Waals surface area contributed by atoms with E-state index >= 15 is 0 Å². The molecular weight excluding hydrogens is 425 g/mol. The van der Waals surface area contributed by atoms with Crippen molar-refractivity contribution < 1.29 is 13.9 Å². The summed E-state index contributed by atoms with van der Waals surface area (Å²) in [5, 5.41) is 1.10. The number of halogens is 2. The van der Waals surface area contributed by atoms with Gasteiger partial charge in [-0.15, -0.1) is 0 Å². The van der Waals surface area contributed by atoms with Crippen LogP contribution in [0.4, 0.5) is 5.82 Å². The summed E-state index contributed by atoms with van der Waals surface area (Å²) in [5.74, 6) is 1.27. The number of ether oxygens (including phenoxy) is 1. The Morgan fingerprint density at radius 1 is 1.20 bits per heavy atom. The van der Waals surface area contributed by atoms with Crippen molar-refractivity contribution in [2.24, 2.45) is 0 Å². The van der Waals surface area contributed by atoms with Crippen LogP contribution in [0.15, 0.2) is 59.3 Å². The zero-order valence-corrected chi connectivity index (χ0v) is 17.9. The summed E-state index contributed by atoms with van der Waals surface area (Å²) in [6.45, 7) is 2.27. The van der Waals surface area contributed by atoms with Crippen LogP contribution < -0.4 is 9.64 Å². The molecular formula is C22H19Cl2N3O3. The van der Waals surface area contributed by atoms with Gasteiger partial charge in [-0.25, -0.2) is 4.98 Å². The van der Waals surface area contributed by atoms with Gasteiger partial charge in [0.25, 0.3) is 5.91 Å². The maximum absolute atomic E-state index is 12.8. The smallest absolute Gasteiger partial charge is 0.294 e. The van der Waals surface area contributed by atoms with Crippen LogP contribution in [0.3, 0.4) is 0 Å². The second-order valence-electron chi connectivity index (χ2n) is 6.71.